The number of hydrogen-bond donors (Lipinski definition) is 6. The molecule has 2 unspecified atom stereocenters. The van der Waals surface area contributed by atoms with Crippen molar-refractivity contribution in [3.05, 3.63) is 101 Å². The van der Waals surface area contributed by atoms with Crippen molar-refractivity contribution in [1.29, 1.82) is 0 Å². The fraction of sp³-hybridized carbons (Fsp3) is 0.491. The Kier molecular flexibility index (Phi) is 15.6. The highest BCUT2D eigenvalue weighted by atomic mass is 28.4. The number of benzene rings is 4. The highest BCUT2D eigenvalue weighted by Crippen LogP contribution is 2.60. The minimum atomic E-state index is -3.01. The third-order valence-corrected chi connectivity index (χ3v) is 16.7. The summed E-state index contributed by atoms with van der Waals surface area (Å²) < 4.78 is 18.7. The molecule has 8 rings (SSSR count). The van der Waals surface area contributed by atoms with E-state index in [1.54, 1.807) is 14.7 Å². The van der Waals surface area contributed by atoms with Crippen LogP contribution in [0.4, 0.5) is 28.4 Å². The quantitative estimate of drug-likeness (QED) is 0.0415. The van der Waals surface area contributed by atoms with Crippen LogP contribution >= 0.6 is 0 Å². The lowest BCUT2D eigenvalue weighted by Gasteiger charge is -2.36. The van der Waals surface area contributed by atoms with Crippen LogP contribution in [0.2, 0.25) is 18.6 Å². The molecule has 0 aliphatic carbocycles. The van der Waals surface area contributed by atoms with E-state index in [2.05, 4.69) is 10.6 Å². The van der Waals surface area contributed by atoms with E-state index in [0.29, 0.717) is 92.5 Å². The van der Waals surface area contributed by atoms with Gasteiger partial charge in [0.05, 0.1) is 55.0 Å². The maximum absolute atomic E-state index is 15.5. The number of hydrogen-bond acceptors (Lipinski definition) is 12. The topological polar surface area (TPSA) is 194 Å². The molecular formula is C53H69N5O10Si. The van der Waals surface area contributed by atoms with Crippen molar-refractivity contribution in [2.24, 2.45) is 5.92 Å². The molecule has 4 aliphatic heterocycles. The fourth-order valence-electron chi connectivity index (χ4n) is 11.1. The molecule has 1 saturated heterocycles. The van der Waals surface area contributed by atoms with Crippen LogP contribution in [0.25, 0.3) is 0 Å². The number of aliphatic hydroxyl groups is 3. The number of unbranched alkanes of at least 4 members (excludes halogenated alkanes) is 2. The number of amides is 3. The number of ether oxygens (including phenoxy) is 3. The van der Waals surface area contributed by atoms with E-state index in [-0.39, 0.29) is 50.5 Å². The maximum Gasteiger partial charge on any atom is 0.264 e. The first-order valence-corrected chi connectivity index (χ1v) is 27.8. The lowest BCUT2D eigenvalue weighted by Crippen LogP contribution is -2.49. The van der Waals surface area contributed by atoms with Gasteiger partial charge in [-0.15, -0.1) is 0 Å². The monoisotopic (exact) mass is 963 g/mol. The highest BCUT2D eigenvalue weighted by molar-refractivity contribution is 6.71. The molecule has 6 atom stereocenters. The summed E-state index contributed by atoms with van der Waals surface area (Å²) in [6, 6.07) is 23.8. The van der Waals surface area contributed by atoms with Crippen molar-refractivity contribution in [3.8, 4) is 11.5 Å². The van der Waals surface area contributed by atoms with Crippen molar-refractivity contribution in [2.45, 2.75) is 115 Å². The summed E-state index contributed by atoms with van der Waals surface area (Å²) in [4.78, 5) is 61.4. The molecule has 4 heterocycles. The number of nitrogens with zero attached hydrogens (tertiary/aromatic N) is 3. The molecule has 6 N–H and O–H groups in total. The van der Waals surface area contributed by atoms with Gasteiger partial charge in [0.25, 0.3) is 5.91 Å². The van der Waals surface area contributed by atoms with Crippen LogP contribution in [-0.4, -0.2) is 110 Å². The number of fused-ring (bicyclic) bond motifs is 4. The van der Waals surface area contributed by atoms with E-state index < -0.39 is 43.6 Å². The predicted octanol–water partition coefficient (Wildman–Crippen LogP) is 6.11. The summed E-state index contributed by atoms with van der Waals surface area (Å²) in [6.07, 6.45) is 3.28. The van der Waals surface area contributed by atoms with E-state index >= 15 is 4.79 Å². The Morgan fingerprint density at radius 3 is 1.72 bits per heavy atom. The largest absolute Gasteiger partial charge is 0.494 e. The average Bonchev–Trinajstić information content (AvgIpc) is 3.75. The van der Waals surface area contributed by atoms with E-state index in [1.807, 2.05) is 113 Å². The molecule has 0 bridgehead atoms. The molecule has 15 nitrogen and oxygen atoms in total. The van der Waals surface area contributed by atoms with Gasteiger partial charge >= 0.3 is 0 Å². The maximum atomic E-state index is 15.5. The average molecular weight is 964 g/mol. The summed E-state index contributed by atoms with van der Waals surface area (Å²) in [6.45, 7) is 11.8. The normalized spacial score (nSPS) is 23.2. The predicted molar refractivity (Wildman–Crippen MR) is 268 cm³/mol. The van der Waals surface area contributed by atoms with Gasteiger partial charge in [0.1, 0.15) is 11.5 Å². The molecule has 4 aromatic carbocycles. The van der Waals surface area contributed by atoms with Crippen molar-refractivity contribution in [3.63, 3.8) is 0 Å². The molecule has 4 aromatic rings. The van der Waals surface area contributed by atoms with Gasteiger partial charge in [0, 0.05) is 48.2 Å². The van der Waals surface area contributed by atoms with Gasteiger partial charge in [-0.05, 0) is 168 Å². The summed E-state index contributed by atoms with van der Waals surface area (Å²) in [7, 11) is -3.01. The third-order valence-electron chi connectivity index (χ3n) is 14.2. The lowest BCUT2D eigenvalue weighted by molar-refractivity contribution is -0.146. The zero-order valence-electron chi connectivity index (χ0n) is 40.6. The van der Waals surface area contributed by atoms with Gasteiger partial charge in [-0.3, -0.25) is 24.2 Å². The standard InChI is InChI=1S/C53H69N5O10Si/c1-6-66-40-17-20-45-36(28-40)30-43(54-23-8-10-25-59)50(62)57(45)38-14-12-35(13-15-38)33-56-47-19-16-39(32-42(47)53(52(56)64)34(3)49(69(4,5)65)48(68-53)22-27-61)58-46-21-18-41(67-7-2)29-37(46)31-44(51(58)63)55-24-9-11-26-60/h12-21,28-29,32,34,43-44,48-49,54-55,59-61,65H,6-11,22-27,30-31,33H2,1-5H3/t34-,43?,44?,48+,49-,53+/m1/s1. The number of anilines is 5. The molecule has 4 aliphatic rings. The zero-order chi connectivity index (χ0) is 49.0. The summed E-state index contributed by atoms with van der Waals surface area (Å²) >= 11 is 0. The molecule has 1 fully saturated rings. The Morgan fingerprint density at radius 1 is 0.696 bits per heavy atom. The van der Waals surface area contributed by atoms with Gasteiger partial charge in [0.2, 0.25) is 11.8 Å². The van der Waals surface area contributed by atoms with Gasteiger partial charge in [0.15, 0.2) is 13.9 Å². The molecular weight excluding hydrogens is 895 g/mol. The fourth-order valence-corrected chi connectivity index (χ4v) is 13.7. The van der Waals surface area contributed by atoms with E-state index in [4.69, 9.17) is 14.2 Å². The van der Waals surface area contributed by atoms with Crippen molar-refractivity contribution in [2.75, 3.05) is 60.8 Å². The van der Waals surface area contributed by atoms with Crippen molar-refractivity contribution >= 4 is 54.5 Å². The van der Waals surface area contributed by atoms with Crippen LogP contribution in [0.15, 0.2) is 78.9 Å². The Bertz CT molecular complexity index is 2480. The molecule has 3 amide bonds. The second-order valence-corrected chi connectivity index (χ2v) is 23.2. The molecule has 370 valence electrons. The Morgan fingerprint density at radius 2 is 1.22 bits per heavy atom. The van der Waals surface area contributed by atoms with Crippen LogP contribution in [0, 0.1) is 5.92 Å². The van der Waals surface area contributed by atoms with Crippen LogP contribution in [0.5, 0.6) is 11.5 Å². The SMILES string of the molecule is CCOc1ccc2c(c1)CC(NCCCCO)C(=O)N2c1ccc(CN2C(=O)[C@@]3(O[C@@H](CCO)[C@H]([Si](C)(C)O)[C@H]3C)c3cc(N4C(=O)C(NCCCCO)Cc5cc(OCC)ccc54)ccc32)cc1. The van der Waals surface area contributed by atoms with Crippen LogP contribution in [0.3, 0.4) is 0 Å². The molecule has 0 saturated carbocycles. The van der Waals surface area contributed by atoms with Gasteiger partial charge in [-0.25, -0.2) is 0 Å². The Labute approximate surface area is 406 Å². The van der Waals surface area contributed by atoms with Gasteiger partial charge < -0.3 is 49.9 Å². The number of carbonyl (C=O) groups excluding carboxylic acids is 3. The highest BCUT2D eigenvalue weighted by Gasteiger charge is 2.66. The molecule has 0 aromatic heterocycles. The number of rotatable bonds is 21. The summed E-state index contributed by atoms with van der Waals surface area (Å²) in [5, 5.41) is 35.9. The first kappa shape index (κ1) is 50.2. The van der Waals surface area contributed by atoms with Crippen molar-refractivity contribution < 1.29 is 48.7 Å². The number of nitrogens with one attached hydrogen (secondary N) is 2. The minimum absolute atomic E-state index is 0.0679. The number of carbonyl (C=O) groups is 3. The summed E-state index contributed by atoms with van der Waals surface area (Å²) in [5.74, 6) is 0.409. The van der Waals surface area contributed by atoms with Crippen molar-refractivity contribution in [1.82, 2.24) is 10.6 Å². The third kappa shape index (κ3) is 9.82. The lowest BCUT2D eigenvalue weighted by atomic mass is 9.82. The molecule has 1 spiro atoms. The first-order chi connectivity index (χ1) is 33.3. The smallest absolute Gasteiger partial charge is 0.264 e. The van der Waals surface area contributed by atoms with Crippen LogP contribution < -0.4 is 34.8 Å². The Hall–Kier alpha value is -5.17. The Balaban J connectivity index is 1.17. The van der Waals surface area contributed by atoms with E-state index in [0.717, 1.165) is 34.5 Å². The van der Waals surface area contributed by atoms with Crippen LogP contribution in [0.1, 0.15) is 75.1 Å². The summed E-state index contributed by atoms with van der Waals surface area (Å²) in [5.41, 5.74) is 4.70. The molecule has 69 heavy (non-hydrogen) atoms. The van der Waals surface area contributed by atoms with Crippen LogP contribution in [-0.2, 0) is 44.1 Å². The second kappa shape index (κ2) is 21.4. The zero-order valence-corrected chi connectivity index (χ0v) is 41.6. The molecule has 16 heteroatoms. The van der Waals surface area contributed by atoms with E-state index in [9.17, 15) is 29.7 Å². The number of aliphatic hydroxyl groups excluding tert-OH is 3. The minimum Gasteiger partial charge on any atom is -0.494 e. The van der Waals surface area contributed by atoms with Gasteiger partial charge in [-0.2, -0.15) is 0 Å². The van der Waals surface area contributed by atoms with Gasteiger partial charge in [-0.1, -0.05) is 19.1 Å². The van der Waals surface area contributed by atoms with E-state index in [1.165, 1.54) is 0 Å². The molecule has 0 radical (unpaired) electrons. The second-order valence-electron chi connectivity index (χ2n) is 19.2. The first-order valence-electron chi connectivity index (χ1n) is 24.7.